The SMILES string of the molecule is Cn1cnnc1[C@H](c1cccc(Br)c1)C1CC1. The fourth-order valence-electron chi connectivity index (χ4n) is 2.34. The lowest BCUT2D eigenvalue weighted by molar-refractivity contribution is 0.623. The summed E-state index contributed by atoms with van der Waals surface area (Å²) in [5.41, 5.74) is 1.33. The Kier molecular flexibility index (Phi) is 2.74. The number of nitrogens with zero attached hydrogens (tertiary/aromatic N) is 3. The van der Waals surface area contributed by atoms with Gasteiger partial charge in [-0.1, -0.05) is 28.1 Å². The quantitative estimate of drug-likeness (QED) is 0.870. The maximum absolute atomic E-state index is 4.28. The smallest absolute Gasteiger partial charge is 0.140 e. The minimum absolute atomic E-state index is 0.389. The summed E-state index contributed by atoms with van der Waals surface area (Å²) in [5, 5.41) is 8.28. The summed E-state index contributed by atoms with van der Waals surface area (Å²) in [7, 11) is 2.02. The Balaban J connectivity index is 2.04. The summed E-state index contributed by atoms with van der Waals surface area (Å²) in [6.07, 6.45) is 4.37. The first-order valence-corrected chi connectivity index (χ1v) is 6.64. The molecule has 1 aliphatic carbocycles. The van der Waals surface area contributed by atoms with Crippen molar-refractivity contribution in [2.75, 3.05) is 0 Å². The first-order chi connectivity index (χ1) is 8.25. The molecule has 0 saturated heterocycles. The predicted molar refractivity (Wildman–Crippen MR) is 69.7 cm³/mol. The number of benzene rings is 1. The molecule has 0 aliphatic heterocycles. The van der Waals surface area contributed by atoms with Gasteiger partial charge in [0.25, 0.3) is 0 Å². The number of aromatic nitrogens is 3. The predicted octanol–water partition coefficient (Wildman–Crippen LogP) is 3.12. The molecule has 0 radical (unpaired) electrons. The van der Waals surface area contributed by atoms with E-state index in [1.165, 1.54) is 18.4 Å². The molecular formula is C13H14BrN3. The number of aryl methyl sites for hydroxylation is 1. The van der Waals surface area contributed by atoms with Crippen molar-refractivity contribution in [1.82, 2.24) is 14.8 Å². The molecule has 1 heterocycles. The van der Waals surface area contributed by atoms with Gasteiger partial charge in [-0.25, -0.2) is 0 Å². The first-order valence-electron chi connectivity index (χ1n) is 5.85. The summed E-state index contributed by atoms with van der Waals surface area (Å²) in [6, 6.07) is 8.52. The van der Waals surface area contributed by atoms with Crippen LogP contribution in [0.15, 0.2) is 35.1 Å². The van der Waals surface area contributed by atoms with Crippen molar-refractivity contribution in [3.63, 3.8) is 0 Å². The summed E-state index contributed by atoms with van der Waals surface area (Å²) in [4.78, 5) is 0. The van der Waals surface area contributed by atoms with Crippen LogP contribution in [0.1, 0.15) is 30.1 Å². The summed E-state index contributed by atoms with van der Waals surface area (Å²) in [5.74, 6) is 2.19. The molecule has 1 fully saturated rings. The minimum atomic E-state index is 0.389. The van der Waals surface area contributed by atoms with E-state index >= 15 is 0 Å². The molecule has 17 heavy (non-hydrogen) atoms. The second kappa shape index (κ2) is 4.26. The van der Waals surface area contributed by atoms with E-state index in [9.17, 15) is 0 Å². The van der Waals surface area contributed by atoms with Crippen molar-refractivity contribution >= 4 is 15.9 Å². The summed E-state index contributed by atoms with van der Waals surface area (Å²) in [6.45, 7) is 0. The van der Waals surface area contributed by atoms with Crippen LogP contribution in [0.25, 0.3) is 0 Å². The highest BCUT2D eigenvalue weighted by Gasteiger charge is 2.36. The minimum Gasteiger partial charge on any atom is -0.320 e. The second-order valence-corrected chi connectivity index (χ2v) is 5.59. The Labute approximate surface area is 109 Å². The molecule has 0 unspecified atom stereocenters. The zero-order valence-corrected chi connectivity index (χ0v) is 11.3. The second-order valence-electron chi connectivity index (χ2n) is 4.67. The lowest BCUT2D eigenvalue weighted by Crippen LogP contribution is -2.09. The van der Waals surface area contributed by atoms with E-state index < -0.39 is 0 Å². The molecule has 0 spiro atoms. The summed E-state index contributed by atoms with van der Waals surface area (Å²) >= 11 is 3.54. The van der Waals surface area contributed by atoms with E-state index in [-0.39, 0.29) is 0 Å². The molecule has 1 saturated carbocycles. The fraction of sp³-hybridized carbons (Fsp3) is 0.385. The number of hydrogen-bond donors (Lipinski definition) is 0. The third-order valence-corrected chi connectivity index (χ3v) is 3.82. The van der Waals surface area contributed by atoms with Gasteiger partial charge in [0.2, 0.25) is 0 Å². The molecule has 3 nitrogen and oxygen atoms in total. The molecule has 1 aromatic carbocycles. The number of hydrogen-bond acceptors (Lipinski definition) is 2. The molecule has 0 amide bonds. The van der Waals surface area contributed by atoms with Gasteiger partial charge < -0.3 is 4.57 Å². The Morgan fingerprint density at radius 3 is 2.82 bits per heavy atom. The third-order valence-electron chi connectivity index (χ3n) is 3.33. The van der Waals surface area contributed by atoms with Crippen molar-refractivity contribution in [1.29, 1.82) is 0 Å². The van der Waals surface area contributed by atoms with Gasteiger partial charge in [0.15, 0.2) is 0 Å². The lowest BCUT2D eigenvalue weighted by atomic mass is 9.93. The summed E-state index contributed by atoms with van der Waals surface area (Å²) < 4.78 is 3.16. The van der Waals surface area contributed by atoms with Crippen molar-refractivity contribution in [3.05, 3.63) is 46.5 Å². The highest BCUT2D eigenvalue weighted by molar-refractivity contribution is 9.10. The average molecular weight is 292 g/mol. The molecule has 1 atom stereocenters. The highest BCUT2D eigenvalue weighted by atomic mass is 79.9. The number of halogens is 1. The Bertz CT molecular complexity index is 531. The van der Waals surface area contributed by atoms with Gasteiger partial charge in [0.05, 0.1) is 0 Å². The Morgan fingerprint density at radius 2 is 2.24 bits per heavy atom. The van der Waals surface area contributed by atoms with Crippen LogP contribution in [0.3, 0.4) is 0 Å². The van der Waals surface area contributed by atoms with Gasteiger partial charge in [-0.15, -0.1) is 10.2 Å². The molecule has 0 N–H and O–H groups in total. The van der Waals surface area contributed by atoms with Gasteiger partial charge in [0.1, 0.15) is 12.2 Å². The maximum atomic E-state index is 4.28. The standard InChI is InChI=1S/C13H14BrN3/c1-17-8-15-16-13(17)12(9-5-6-9)10-3-2-4-11(14)7-10/h2-4,7-9,12H,5-6H2,1H3/t12-/m0/s1. The van der Waals surface area contributed by atoms with Crippen LogP contribution in [0, 0.1) is 5.92 Å². The Morgan fingerprint density at radius 1 is 1.41 bits per heavy atom. The zero-order chi connectivity index (χ0) is 11.8. The molecule has 2 aromatic rings. The van der Waals surface area contributed by atoms with Crippen molar-refractivity contribution < 1.29 is 0 Å². The van der Waals surface area contributed by atoms with Crippen LogP contribution in [0.2, 0.25) is 0 Å². The van der Waals surface area contributed by atoms with Crippen LogP contribution in [0.4, 0.5) is 0 Å². The van der Waals surface area contributed by atoms with Crippen LogP contribution in [-0.2, 0) is 7.05 Å². The molecular weight excluding hydrogens is 278 g/mol. The van der Waals surface area contributed by atoms with Crippen LogP contribution >= 0.6 is 15.9 Å². The fourth-order valence-corrected chi connectivity index (χ4v) is 2.75. The van der Waals surface area contributed by atoms with Crippen molar-refractivity contribution in [2.24, 2.45) is 13.0 Å². The third kappa shape index (κ3) is 2.14. The first kappa shape index (κ1) is 11.0. The molecule has 0 bridgehead atoms. The van der Waals surface area contributed by atoms with Crippen molar-refractivity contribution in [3.8, 4) is 0 Å². The van der Waals surface area contributed by atoms with E-state index in [2.05, 4.69) is 50.4 Å². The molecule has 1 aromatic heterocycles. The van der Waals surface area contributed by atoms with E-state index in [4.69, 9.17) is 0 Å². The lowest BCUT2D eigenvalue weighted by Gasteiger charge is -2.16. The van der Waals surface area contributed by atoms with E-state index in [0.717, 1.165) is 16.2 Å². The normalized spacial score (nSPS) is 17.1. The Hall–Kier alpha value is -1.16. The molecule has 88 valence electrons. The molecule has 4 heteroatoms. The number of rotatable bonds is 3. The van der Waals surface area contributed by atoms with Gasteiger partial charge >= 0.3 is 0 Å². The largest absolute Gasteiger partial charge is 0.320 e. The van der Waals surface area contributed by atoms with Crippen LogP contribution in [0.5, 0.6) is 0 Å². The van der Waals surface area contributed by atoms with Crippen LogP contribution < -0.4 is 0 Å². The zero-order valence-electron chi connectivity index (χ0n) is 9.68. The average Bonchev–Trinajstić information content (AvgIpc) is 3.04. The topological polar surface area (TPSA) is 30.7 Å². The van der Waals surface area contributed by atoms with Gasteiger partial charge in [-0.2, -0.15) is 0 Å². The van der Waals surface area contributed by atoms with Gasteiger partial charge in [-0.05, 0) is 36.5 Å². The van der Waals surface area contributed by atoms with Crippen molar-refractivity contribution in [2.45, 2.75) is 18.8 Å². The van der Waals surface area contributed by atoms with Gasteiger partial charge in [0, 0.05) is 17.4 Å². The van der Waals surface area contributed by atoms with Gasteiger partial charge in [-0.3, -0.25) is 0 Å². The molecule has 3 rings (SSSR count). The monoisotopic (exact) mass is 291 g/mol. The maximum Gasteiger partial charge on any atom is 0.140 e. The van der Waals surface area contributed by atoms with E-state index in [0.29, 0.717) is 5.92 Å². The highest BCUT2D eigenvalue weighted by Crippen LogP contribution is 2.45. The van der Waals surface area contributed by atoms with E-state index in [1.54, 1.807) is 6.33 Å². The molecule has 1 aliphatic rings. The van der Waals surface area contributed by atoms with E-state index in [1.807, 2.05) is 11.6 Å². The van der Waals surface area contributed by atoms with Crippen LogP contribution in [-0.4, -0.2) is 14.8 Å².